The van der Waals surface area contributed by atoms with Crippen LogP contribution in [0.25, 0.3) is 10.9 Å². The molecule has 37 heavy (non-hydrogen) atoms. The lowest BCUT2D eigenvalue weighted by Crippen LogP contribution is -2.38. The van der Waals surface area contributed by atoms with Gasteiger partial charge in [0.1, 0.15) is 22.6 Å². The van der Waals surface area contributed by atoms with Crippen LogP contribution in [0.15, 0.2) is 40.4 Å². The van der Waals surface area contributed by atoms with E-state index < -0.39 is 0 Å². The van der Waals surface area contributed by atoms with E-state index in [1.165, 1.54) is 11.8 Å². The zero-order valence-corrected chi connectivity index (χ0v) is 20.6. The van der Waals surface area contributed by atoms with Crippen molar-refractivity contribution in [2.24, 2.45) is 28.5 Å². The molecule has 0 spiro atoms. The quantitative estimate of drug-likeness (QED) is 0.168. The Morgan fingerprint density at radius 3 is 2.70 bits per heavy atom. The predicted octanol–water partition coefficient (Wildman–Crippen LogP) is 1.64. The van der Waals surface area contributed by atoms with Crippen LogP contribution < -0.4 is 27.4 Å². The number of anilines is 3. The summed E-state index contributed by atoms with van der Waals surface area (Å²) < 4.78 is 0. The number of likely N-dealkylation sites (tertiary alicyclic amines) is 1. The number of hydrogen-bond donors (Lipinski definition) is 4. The van der Waals surface area contributed by atoms with E-state index in [0.29, 0.717) is 35.0 Å². The second-order valence-corrected chi connectivity index (χ2v) is 9.67. The van der Waals surface area contributed by atoms with Gasteiger partial charge in [-0.3, -0.25) is 9.69 Å². The van der Waals surface area contributed by atoms with Gasteiger partial charge in [-0.15, -0.1) is 0 Å². The minimum atomic E-state index is -0.361. The van der Waals surface area contributed by atoms with E-state index in [0.717, 1.165) is 57.5 Å². The van der Waals surface area contributed by atoms with Gasteiger partial charge in [0.25, 0.3) is 5.56 Å². The van der Waals surface area contributed by atoms with Gasteiger partial charge in [0, 0.05) is 31.2 Å². The Balaban J connectivity index is 1.33. The number of H-pyrrole nitrogens is 1. The maximum Gasteiger partial charge on any atom is 0.277 e. The predicted molar refractivity (Wildman–Crippen MR) is 142 cm³/mol. The Labute approximate surface area is 214 Å². The topological polar surface area (TPSA) is 178 Å². The molecule has 1 atom stereocenters. The molecule has 5 rings (SSSR count). The Morgan fingerprint density at radius 2 is 1.97 bits per heavy atom. The Hall–Kier alpha value is -4.24. The van der Waals surface area contributed by atoms with Crippen LogP contribution in [0.3, 0.4) is 0 Å². The van der Waals surface area contributed by atoms with E-state index in [1.807, 2.05) is 17.0 Å². The molecule has 1 aromatic carbocycles. The summed E-state index contributed by atoms with van der Waals surface area (Å²) in [6.45, 7) is 4.05. The van der Waals surface area contributed by atoms with E-state index in [9.17, 15) is 10.1 Å². The van der Waals surface area contributed by atoms with Gasteiger partial charge < -0.3 is 21.8 Å². The van der Waals surface area contributed by atoms with Gasteiger partial charge in [-0.25, -0.2) is 10.1 Å². The number of aromatic nitrogens is 4. The van der Waals surface area contributed by atoms with Gasteiger partial charge in [0.15, 0.2) is 0 Å². The smallest absolute Gasteiger partial charge is 0.277 e. The minimum absolute atomic E-state index is 0.0637. The number of fused-ring (bicyclic) bond motifs is 1. The summed E-state index contributed by atoms with van der Waals surface area (Å²) in [5.41, 5.74) is 7.98. The summed E-state index contributed by atoms with van der Waals surface area (Å²) in [6, 6.07) is 10.5. The second-order valence-electron chi connectivity index (χ2n) is 9.67. The third-order valence-electron chi connectivity index (χ3n) is 7.17. The first-order valence-electron chi connectivity index (χ1n) is 12.6. The number of aromatic amines is 1. The van der Waals surface area contributed by atoms with E-state index in [1.54, 1.807) is 0 Å². The van der Waals surface area contributed by atoms with Crippen LogP contribution in [-0.4, -0.2) is 57.1 Å². The van der Waals surface area contributed by atoms with Crippen molar-refractivity contribution in [2.75, 3.05) is 36.4 Å². The van der Waals surface area contributed by atoms with Crippen molar-refractivity contribution in [3.63, 3.8) is 0 Å². The molecule has 2 fully saturated rings. The van der Waals surface area contributed by atoms with Crippen molar-refractivity contribution < 1.29 is 0 Å². The first kappa shape index (κ1) is 24.5. The molecule has 4 heterocycles. The molecule has 0 bridgehead atoms. The largest absolute Gasteiger partial charge is 0.386 e. The maximum atomic E-state index is 12.6. The van der Waals surface area contributed by atoms with Gasteiger partial charge in [-0.1, -0.05) is 12.1 Å². The molecule has 2 aliphatic heterocycles. The molecule has 0 aliphatic carbocycles. The molecule has 3 aromatic rings. The SMILES string of the molecule is N#CC1CCCN(c2nc(Nc3ccc(CN4CCC(/C(N)=N/N)CC4)cc3)c3c(=O)[nH]ncc3n2)C1. The number of piperidine rings is 2. The van der Waals surface area contributed by atoms with Crippen LogP contribution in [0.2, 0.25) is 0 Å². The van der Waals surface area contributed by atoms with Gasteiger partial charge in [-0.2, -0.15) is 20.4 Å². The second kappa shape index (κ2) is 10.8. The molecule has 2 saturated heterocycles. The molecule has 6 N–H and O–H groups in total. The number of hydrogen-bond acceptors (Lipinski definition) is 10. The number of benzene rings is 1. The number of nitrogens with one attached hydrogen (secondary N) is 2. The number of rotatable bonds is 6. The van der Waals surface area contributed by atoms with Crippen LogP contribution in [0.1, 0.15) is 31.2 Å². The lowest BCUT2D eigenvalue weighted by Gasteiger charge is -2.31. The molecule has 0 radical (unpaired) electrons. The standard InChI is InChI=1S/C25H31N11O/c26-12-17-2-1-9-36(15-17)25-31-20-13-29-34-24(37)21(20)23(32-25)30-19-5-3-16(4-6-19)14-35-10-7-18(8-11-35)22(27)33-28/h3-6,13,17-18H,1-2,7-11,14-15,28H2,(H2,27,33)(H,34,37)(H,30,31,32). The highest BCUT2D eigenvalue weighted by atomic mass is 16.1. The molecule has 2 aromatic heterocycles. The number of nitrogens with two attached hydrogens (primary N) is 2. The van der Waals surface area contributed by atoms with E-state index in [-0.39, 0.29) is 17.4 Å². The number of amidine groups is 1. The molecule has 12 nitrogen and oxygen atoms in total. The summed E-state index contributed by atoms with van der Waals surface area (Å²) in [6.07, 6.45) is 5.18. The summed E-state index contributed by atoms with van der Waals surface area (Å²) in [7, 11) is 0. The highest BCUT2D eigenvalue weighted by molar-refractivity contribution is 5.90. The Kier molecular flexibility index (Phi) is 7.14. The molecular formula is C25H31N11O. The molecular weight excluding hydrogens is 470 g/mol. The zero-order chi connectivity index (χ0) is 25.8. The van der Waals surface area contributed by atoms with Crippen molar-refractivity contribution >= 4 is 34.2 Å². The number of hydrazone groups is 1. The number of nitriles is 1. The first-order valence-corrected chi connectivity index (χ1v) is 12.6. The van der Waals surface area contributed by atoms with Crippen LogP contribution in [0, 0.1) is 23.2 Å². The maximum absolute atomic E-state index is 12.6. The van der Waals surface area contributed by atoms with E-state index in [4.69, 9.17) is 16.6 Å². The summed E-state index contributed by atoms with van der Waals surface area (Å²) in [5.74, 6) is 6.96. The Morgan fingerprint density at radius 1 is 1.19 bits per heavy atom. The fourth-order valence-electron chi connectivity index (χ4n) is 5.07. The van der Waals surface area contributed by atoms with Crippen molar-refractivity contribution in [1.82, 2.24) is 25.1 Å². The van der Waals surface area contributed by atoms with Crippen molar-refractivity contribution in [1.29, 1.82) is 5.26 Å². The molecule has 0 saturated carbocycles. The van der Waals surface area contributed by atoms with Crippen LogP contribution >= 0.6 is 0 Å². The van der Waals surface area contributed by atoms with E-state index >= 15 is 0 Å². The normalized spacial score (nSPS) is 19.6. The van der Waals surface area contributed by atoms with E-state index in [2.05, 4.69) is 48.7 Å². The van der Waals surface area contributed by atoms with Crippen molar-refractivity contribution in [2.45, 2.75) is 32.2 Å². The van der Waals surface area contributed by atoms with Crippen LogP contribution in [0.5, 0.6) is 0 Å². The van der Waals surface area contributed by atoms with Gasteiger partial charge in [0.2, 0.25) is 5.95 Å². The van der Waals surface area contributed by atoms with Gasteiger partial charge in [0.05, 0.1) is 18.2 Å². The fraction of sp³-hybridized carbons (Fsp3) is 0.440. The monoisotopic (exact) mass is 501 g/mol. The van der Waals surface area contributed by atoms with Crippen molar-refractivity contribution in [3.05, 3.63) is 46.4 Å². The Bertz CT molecular complexity index is 1370. The highest BCUT2D eigenvalue weighted by Gasteiger charge is 2.24. The van der Waals surface area contributed by atoms with Crippen LogP contribution in [0.4, 0.5) is 17.5 Å². The fourth-order valence-corrected chi connectivity index (χ4v) is 5.07. The molecule has 192 valence electrons. The zero-order valence-electron chi connectivity index (χ0n) is 20.6. The average Bonchev–Trinajstić information content (AvgIpc) is 2.94. The summed E-state index contributed by atoms with van der Waals surface area (Å²) >= 11 is 0. The third kappa shape index (κ3) is 5.46. The van der Waals surface area contributed by atoms with Crippen LogP contribution in [-0.2, 0) is 6.54 Å². The lowest BCUT2D eigenvalue weighted by molar-refractivity contribution is 0.201. The molecule has 12 heteroatoms. The van der Waals surface area contributed by atoms with Gasteiger partial charge >= 0.3 is 0 Å². The molecule has 1 unspecified atom stereocenters. The molecule has 0 amide bonds. The first-order chi connectivity index (χ1) is 18.0. The van der Waals surface area contributed by atoms with Gasteiger partial charge in [-0.05, 0) is 56.5 Å². The lowest BCUT2D eigenvalue weighted by atomic mass is 9.95. The highest BCUT2D eigenvalue weighted by Crippen LogP contribution is 2.27. The minimum Gasteiger partial charge on any atom is -0.386 e. The third-order valence-corrected chi connectivity index (χ3v) is 7.17. The number of nitrogens with zero attached hydrogens (tertiary/aromatic N) is 7. The summed E-state index contributed by atoms with van der Waals surface area (Å²) in [5, 5.41) is 23.1. The molecule has 2 aliphatic rings. The van der Waals surface area contributed by atoms with Crippen molar-refractivity contribution in [3.8, 4) is 6.07 Å². The summed E-state index contributed by atoms with van der Waals surface area (Å²) in [4.78, 5) is 26.3. The average molecular weight is 502 g/mol.